The van der Waals surface area contributed by atoms with E-state index in [0.29, 0.717) is 5.82 Å². The number of fused-ring (bicyclic) bond motifs is 12. The summed E-state index contributed by atoms with van der Waals surface area (Å²) in [5.74, 6) is 2.35. The number of furan rings is 1. The number of para-hydroxylation sites is 2. The minimum atomic E-state index is -0.570. The molecule has 9 aromatic rings. The van der Waals surface area contributed by atoms with Gasteiger partial charge in [-0.15, -0.1) is 0 Å². The topological polar surface area (TPSA) is 48.2 Å². The lowest BCUT2D eigenvalue weighted by molar-refractivity contribution is 0.436. The molecule has 0 saturated carbocycles. The molecule has 3 heterocycles. The molecule has 2 aromatic heterocycles. The van der Waals surface area contributed by atoms with Crippen molar-refractivity contribution < 1.29 is 9.15 Å². The third-order valence-electron chi connectivity index (χ3n) is 10.6. The molecule has 238 valence electrons. The number of ether oxygens (including phenoxy) is 1. The lowest BCUT2D eigenvalue weighted by Gasteiger charge is -2.39. The van der Waals surface area contributed by atoms with Gasteiger partial charge in [-0.2, -0.15) is 0 Å². The van der Waals surface area contributed by atoms with Crippen LogP contribution >= 0.6 is 0 Å². The van der Waals surface area contributed by atoms with Crippen molar-refractivity contribution in [2.45, 2.75) is 5.41 Å². The first-order valence-electron chi connectivity index (χ1n) is 17.2. The Morgan fingerprint density at radius 1 is 0.392 bits per heavy atom. The van der Waals surface area contributed by atoms with Gasteiger partial charge in [-0.3, -0.25) is 0 Å². The maximum Gasteiger partial charge on any atom is 0.160 e. The molecular formula is C47H28N2O2. The predicted molar refractivity (Wildman–Crippen MR) is 203 cm³/mol. The second-order valence-corrected chi connectivity index (χ2v) is 13.3. The molecule has 2 aliphatic rings. The van der Waals surface area contributed by atoms with E-state index in [4.69, 9.17) is 19.1 Å². The van der Waals surface area contributed by atoms with Crippen molar-refractivity contribution >= 4 is 21.9 Å². The van der Waals surface area contributed by atoms with E-state index in [-0.39, 0.29) is 0 Å². The van der Waals surface area contributed by atoms with Crippen molar-refractivity contribution in [1.82, 2.24) is 9.97 Å². The van der Waals surface area contributed by atoms with Gasteiger partial charge in [0, 0.05) is 38.6 Å². The molecule has 0 bridgehead atoms. The second-order valence-electron chi connectivity index (χ2n) is 13.3. The molecule has 0 atom stereocenters. The Bertz CT molecular complexity index is 2810. The zero-order valence-electron chi connectivity index (χ0n) is 27.4. The average molecular weight is 653 g/mol. The van der Waals surface area contributed by atoms with Gasteiger partial charge in [0.05, 0.1) is 16.8 Å². The number of nitrogens with zero attached hydrogens (tertiary/aromatic N) is 2. The summed E-state index contributed by atoms with van der Waals surface area (Å²) in [6.07, 6.45) is 0. The molecule has 0 N–H and O–H groups in total. The van der Waals surface area contributed by atoms with Crippen molar-refractivity contribution in [1.29, 1.82) is 0 Å². The van der Waals surface area contributed by atoms with Crippen LogP contribution in [0.5, 0.6) is 11.5 Å². The Morgan fingerprint density at radius 3 is 1.80 bits per heavy atom. The lowest BCUT2D eigenvalue weighted by atomic mass is 9.66. The van der Waals surface area contributed by atoms with E-state index < -0.39 is 5.41 Å². The van der Waals surface area contributed by atoms with Gasteiger partial charge in [-0.25, -0.2) is 9.97 Å². The van der Waals surface area contributed by atoms with Crippen molar-refractivity contribution in [3.8, 4) is 56.5 Å². The Balaban J connectivity index is 1.15. The Hall–Kier alpha value is -6.78. The van der Waals surface area contributed by atoms with E-state index in [0.717, 1.165) is 72.6 Å². The SMILES string of the molecule is c1ccc(-c2cc(-c3ccc4c(c3)oc3ccccc34)nc(-c3ccc4c(c3)C3(c5ccccc5O4)c4ccccc4-c4ccccc43)n2)cc1. The van der Waals surface area contributed by atoms with Crippen molar-refractivity contribution in [2.24, 2.45) is 0 Å². The summed E-state index contributed by atoms with van der Waals surface area (Å²) in [7, 11) is 0. The molecule has 11 rings (SSSR count). The number of benzene rings is 7. The number of rotatable bonds is 3. The smallest absolute Gasteiger partial charge is 0.160 e. The molecule has 0 amide bonds. The fraction of sp³-hybridized carbons (Fsp3) is 0.0213. The fourth-order valence-corrected chi connectivity index (χ4v) is 8.36. The molecule has 0 unspecified atom stereocenters. The van der Waals surface area contributed by atoms with E-state index in [1.807, 2.05) is 42.5 Å². The van der Waals surface area contributed by atoms with Crippen LogP contribution in [0.3, 0.4) is 0 Å². The van der Waals surface area contributed by atoms with Gasteiger partial charge in [0.25, 0.3) is 0 Å². The Kier molecular flexibility index (Phi) is 5.84. The van der Waals surface area contributed by atoms with Crippen molar-refractivity contribution in [2.75, 3.05) is 0 Å². The number of hydrogen-bond acceptors (Lipinski definition) is 4. The molecule has 0 radical (unpaired) electrons. The third kappa shape index (κ3) is 4.02. The molecule has 0 saturated heterocycles. The van der Waals surface area contributed by atoms with Gasteiger partial charge >= 0.3 is 0 Å². The van der Waals surface area contributed by atoms with Gasteiger partial charge in [0.2, 0.25) is 0 Å². The molecule has 4 nitrogen and oxygen atoms in total. The average Bonchev–Trinajstić information content (AvgIpc) is 3.72. The Labute approximate surface area is 294 Å². The van der Waals surface area contributed by atoms with Gasteiger partial charge in [0.15, 0.2) is 5.82 Å². The minimum absolute atomic E-state index is 0.570. The summed E-state index contributed by atoms with van der Waals surface area (Å²) in [5.41, 5.74) is 12.9. The first-order chi connectivity index (χ1) is 25.3. The summed E-state index contributed by atoms with van der Waals surface area (Å²) in [5, 5.41) is 2.19. The van der Waals surface area contributed by atoms with E-state index in [1.165, 1.54) is 22.3 Å². The number of hydrogen-bond donors (Lipinski definition) is 0. The van der Waals surface area contributed by atoms with E-state index >= 15 is 0 Å². The van der Waals surface area contributed by atoms with Crippen molar-refractivity contribution in [3.05, 3.63) is 192 Å². The maximum absolute atomic E-state index is 6.69. The van der Waals surface area contributed by atoms with Crippen LogP contribution in [0, 0.1) is 0 Å². The van der Waals surface area contributed by atoms with Gasteiger partial charge in [-0.05, 0) is 70.8 Å². The van der Waals surface area contributed by atoms with Gasteiger partial charge in [0.1, 0.15) is 22.7 Å². The zero-order valence-corrected chi connectivity index (χ0v) is 27.4. The largest absolute Gasteiger partial charge is 0.457 e. The van der Waals surface area contributed by atoms with Crippen LogP contribution in [0.4, 0.5) is 0 Å². The highest BCUT2D eigenvalue weighted by Crippen LogP contribution is 2.62. The van der Waals surface area contributed by atoms with Crippen LogP contribution in [0.15, 0.2) is 174 Å². The molecule has 0 fully saturated rings. The van der Waals surface area contributed by atoms with Gasteiger partial charge in [-0.1, -0.05) is 121 Å². The molecule has 1 aliphatic carbocycles. The van der Waals surface area contributed by atoms with E-state index in [9.17, 15) is 0 Å². The summed E-state index contributed by atoms with van der Waals surface area (Å²) in [6, 6.07) is 59.3. The highest BCUT2D eigenvalue weighted by molar-refractivity contribution is 6.05. The normalized spacial score (nSPS) is 13.4. The van der Waals surface area contributed by atoms with E-state index in [1.54, 1.807) is 0 Å². The molecule has 51 heavy (non-hydrogen) atoms. The Morgan fingerprint density at radius 2 is 1.00 bits per heavy atom. The van der Waals surface area contributed by atoms with Crippen LogP contribution in [-0.2, 0) is 5.41 Å². The van der Waals surface area contributed by atoms with Crippen LogP contribution in [-0.4, -0.2) is 9.97 Å². The van der Waals surface area contributed by atoms with Crippen LogP contribution in [0.2, 0.25) is 0 Å². The highest BCUT2D eigenvalue weighted by Gasteiger charge is 2.51. The number of aromatic nitrogens is 2. The summed E-state index contributed by atoms with van der Waals surface area (Å²) in [4.78, 5) is 10.5. The monoisotopic (exact) mass is 652 g/mol. The van der Waals surface area contributed by atoms with Crippen LogP contribution < -0.4 is 4.74 Å². The fourth-order valence-electron chi connectivity index (χ4n) is 8.36. The van der Waals surface area contributed by atoms with Crippen LogP contribution in [0.1, 0.15) is 22.3 Å². The molecular weight excluding hydrogens is 625 g/mol. The molecule has 4 heteroatoms. The molecule has 7 aromatic carbocycles. The van der Waals surface area contributed by atoms with Crippen LogP contribution in [0.25, 0.3) is 67.0 Å². The quantitative estimate of drug-likeness (QED) is 0.191. The lowest BCUT2D eigenvalue weighted by Crippen LogP contribution is -2.32. The molecule has 1 aliphatic heterocycles. The summed E-state index contributed by atoms with van der Waals surface area (Å²) in [6.45, 7) is 0. The highest BCUT2D eigenvalue weighted by atomic mass is 16.5. The summed E-state index contributed by atoms with van der Waals surface area (Å²) < 4.78 is 13.0. The maximum atomic E-state index is 6.69. The van der Waals surface area contributed by atoms with Gasteiger partial charge < -0.3 is 9.15 Å². The minimum Gasteiger partial charge on any atom is -0.457 e. The third-order valence-corrected chi connectivity index (χ3v) is 10.6. The first-order valence-corrected chi connectivity index (χ1v) is 17.2. The predicted octanol–water partition coefficient (Wildman–Crippen LogP) is 11.8. The van der Waals surface area contributed by atoms with E-state index in [2.05, 4.69) is 127 Å². The molecule has 1 spiro atoms. The standard InChI is InChI=1S/C47H28N2O2/c1-2-12-29(13-3-1)40-28-41(30-22-24-35-34-16-6-10-20-42(34)50-45(35)27-30)49-46(48-40)31-23-25-44-39(26-31)47(38-19-9-11-21-43(38)51-44)36-17-7-4-14-32(36)33-15-5-8-18-37(33)47/h1-28H. The van der Waals surface area contributed by atoms with Crippen molar-refractivity contribution in [3.63, 3.8) is 0 Å². The zero-order chi connectivity index (χ0) is 33.5. The summed E-state index contributed by atoms with van der Waals surface area (Å²) >= 11 is 0. The second kappa shape index (κ2) is 10.6. The first kappa shape index (κ1) is 28.1.